The number of carbonyl (C=O) groups excluding carboxylic acids is 2. The average molecular weight is 470 g/mol. The number of anilines is 1. The van der Waals surface area contributed by atoms with Crippen LogP contribution in [0.15, 0.2) is 36.5 Å². The number of rotatable bonds is 9. The van der Waals surface area contributed by atoms with Gasteiger partial charge in [0.05, 0.1) is 12.8 Å². The zero-order valence-corrected chi connectivity index (χ0v) is 20.0. The van der Waals surface area contributed by atoms with Crippen molar-refractivity contribution in [3.05, 3.63) is 47.1 Å². The number of fused-ring (bicyclic) bond motifs is 1. The molecule has 3 aromatic rings. The Bertz CT molecular complexity index is 1050. The number of ether oxygens (including phenoxy) is 1. The summed E-state index contributed by atoms with van der Waals surface area (Å²) in [7, 11) is 2.10. The summed E-state index contributed by atoms with van der Waals surface area (Å²) in [5.41, 5.74) is 1.87. The topological polar surface area (TPSA) is 90.6 Å². The molecule has 1 atom stereocenters. The normalized spacial score (nSPS) is 15.5. The van der Waals surface area contributed by atoms with E-state index in [1.807, 2.05) is 37.3 Å². The molecule has 33 heavy (non-hydrogen) atoms. The zero-order chi connectivity index (χ0) is 23.2. The highest BCUT2D eigenvalue weighted by Crippen LogP contribution is 2.24. The molecule has 0 aliphatic carbocycles. The second-order valence-corrected chi connectivity index (χ2v) is 9.44. The first-order valence-corrected chi connectivity index (χ1v) is 12.3. The second-order valence-electron chi connectivity index (χ2n) is 8.43. The molecular weight excluding hydrogens is 438 g/mol. The van der Waals surface area contributed by atoms with Crippen LogP contribution in [0.3, 0.4) is 0 Å². The Morgan fingerprint density at radius 1 is 1.24 bits per heavy atom. The van der Waals surface area contributed by atoms with Gasteiger partial charge >= 0.3 is 5.97 Å². The summed E-state index contributed by atoms with van der Waals surface area (Å²) in [4.78, 5) is 38.6. The Labute approximate surface area is 197 Å². The van der Waals surface area contributed by atoms with Gasteiger partial charge in [0.15, 0.2) is 5.13 Å². The Morgan fingerprint density at radius 2 is 2.03 bits per heavy atom. The SMILES string of the molecule is CCCCOC(=O)C(Cc1cc2ccccc2[nH]1)NC(=O)c1cnc(N2CCN(C)CC2)s1. The van der Waals surface area contributed by atoms with Crippen LogP contribution < -0.4 is 10.2 Å². The summed E-state index contributed by atoms with van der Waals surface area (Å²) in [6.45, 7) is 6.10. The van der Waals surface area contributed by atoms with Crippen molar-refractivity contribution >= 4 is 39.2 Å². The molecule has 1 unspecified atom stereocenters. The number of amides is 1. The largest absolute Gasteiger partial charge is 0.464 e. The molecule has 1 fully saturated rings. The minimum atomic E-state index is -0.781. The number of nitrogens with zero attached hydrogens (tertiary/aromatic N) is 3. The Balaban J connectivity index is 1.45. The van der Waals surface area contributed by atoms with Gasteiger partial charge < -0.3 is 24.8 Å². The fraction of sp³-hybridized carbons (Fsp3) is 0.458. The van der Waals surface area contributed by atoms with E-state index < -0.39 is 12.0 Å². The highest BCUT2D eigenvalue weighted by atomic mass is 32.1. The molecule has 2 aromatic heterocycles. The van der Waals surface area contributed by atoms with Gasteiger partial charge in [0.1, 0.15) is 10.9 Å². The van der Waals surface area contributed by atoms with Gasteiger partial charge in [-0.2, -0.15) is 0 Å². The smallest absolute Gasteiger partial charge is 0.329 e. The first-order valence-electron chi connectivity index (χ1n) is 11.5. The van der Waals surface area contributed by atoms with Crippen LogP contribution >= 0.6 is 11.3 Å². The number of unbranched alkanes of at least 4 members (excludes halogenated alkanes) is 1. The van der Waals surface area contributed by atoms with Crippen LogP contribution in [0.2, 0.25) is 0 Å². The Morgan fingerprint density at radius 3 is 2.79 bits per heavy atom. The number of piperazine rings is 1. The molecule has 176 valence electrons. The van der Waals surface area contributed by atoms with Crippen LogP contribution in [0.1, 0.15) is 35.1 Å². The van der Waals surface area contributed by atoms with Crippen LogP contribution in [0, 0.1) is 0 Å². The van der Waals surface area contributed by atoms with E-state index >= 15 is 0 Å². The number of para-hydroxylation sites is 1. The quantitative estimate of drug-likeness (QED) is 0.370. The van der Waals surface area contributed by atoms with E-state index in [0.29, 0.717) is 17.9 Å². The number of hydrogen-bond donors (Lipinski definition) is 2. The average Bonchev–Trinajstić information content (AvgIpc) is 3.46. The third-order valence-corrected chi connectivity index (χ3v) is 6.89. The number of thiazole rings is 1. The summed E-state index contributed by atoms with van der Waals surface area (Å²) in [5, 5.41) is 4.79. The van der Waals surface area contributed by atoms with Crippen molar-refractivity contribution in [3.63, 3.8) is 0 Å². The number of nitrogens with one attached hydrogen (secondary N) is 2. The second kappa shape index (κ2) is 10.8. The third-order valence-electron chi connectivity index (χ3n) is 5.83. The van der Waals surface area contributed by atoms with E-state index in [2.05, 4.69) is 32.1 Å². The molecule has 1 aromatic carbocycles. The highest BCUT2D eigenvalue weighted by molar-refractivity contribution is 7.17. The molecule has 4 rings (SSSR count). The standard InChI is InChI=1S/C24H31N5O3S/c1-3-4-13-32-23(31)20(15-18-14-17-7-5-6-8-19(17)26-18)27-22(30)21-16-25-24(33-21)29-11-9-28(2)10-12-29/h5-8,14,16,20,26H,3-4,9-13,15H2,1-2H3,(H,27,30). The maximum absolute atomic E-state index is 13.0. The molecule has 1 aliphatic heterocycles. The molecule has 1 aliphatic rings. The van der Waals surface area contributed by atoms with Gasteiger partial charge in [-0.15, -0.1) is 0 Å². The minimum absolute atomic E-state index is 0.304. The molecular formula is C24H31N5O3S. The molecule has 2 N–H and O–H groups in total. The summed E-state index contributed by atoms with van der Waals surface area (Å²) < 4.78 is 5.45. The van der Waals surface area contributed by atoms with Crippen molar-refractivity contribution in [1.82, 2.24) is 20.2 Å². The first-order chi connectivity index (χ1) is 16.0. The predicted molar refractivity (Wildman–Crippen MR) is 131 cm³/mol. The van der Waals surface area contributed by atoms with Crippen LogP contribution in [0.5, 0.6) is 0 Å². The lowest BCUT2D eigenvalue weighted by Crippen LogP contribution is -2.44. The highest BCUT2D eigenvalue weighted by Gasteiger charge is 2.26. The molecule has 0 spiro atoms. The molecule has 0 bridgehead atoms. The van der Waals surface area contributed by atoms with Crippen LogP contribution in [-0.4, -0.2) is 72.6 Å². The van der Waals surface area contributed by atoms with Crippen LogP contribution in [-0.2, 0) is 16.0 Å². The monoisotopic (exact) mass is 469 g/mol. The maximum Gasteiger partial charge on any atom is 0.329 e. The maximum atomic E-state index is 13.0. The molecule has 1 amide bonds. The number of aromatic nitrogens is 2. The van der Waals surface area contributed by atoms with Gasteiger partial charge in [-0.3, -0.25) is 4.79 Å². The number of esters is 1. The van der Waals surface area contributed by atoms with Crippen molar-refractivity contribution < 1.29 is 14.3 Å². The van der Waals surface area contributed by atoms with Gasteiger partial charge in [0.2, 0.25) is 0 Å². The van der Waals surface area contributed by atoms with E-state index in [9.17, 15) is 9.59 Å². The molecule has 0 saturated carbocycles. The van der Waals surface area contributed by atoms with Crippen molar-refractivity contribution in [2.24, 2.45) is 0 Å². The van der Waals surface area contributed by atoms with Crippen molar-refractivity contribution in [3.8, 4) is 0 Å². The van der Waals surface area contributed by atoms with Gasteiger partial charge in [-0.25, -0.2) is 9.78 Å². The lowest BCUT2D eigenvalue weighted by Gasteiger charge is -2.32. The number of benzene rings is 1. The molecule has 8 nitrogen and oxygen atoms in total. The zero-order valence-electron chi connectivity index (χ0n) is 19.2. The molecule has 0 radical (unpaired) electrons. The van der Waals surface area contributed by atoms with Gasteiger partial charge in [0.25, 0.3) is 5.91 Å². The molecule has 3 heterocycles. The summed E-state index contributed by atoms with van der Waals surface area (Å²) in [6, 6.07) is 9.16. The van der Waals surface area contributed by atoms with Crippen LogP contribution in [0.4, 0.5) is 5.13 Å². The minimum Gasteiger partial charge on any atom is -0.464 e. The fourth-order valence-electron chi connectivity index (χ4n) is 3.82. The number of likely N-dealkylation sites (N-methyl/N-ethyl adjacent to an activating group) is 1. The summed E-state index contributed by atoms with van der Waals surface area (Å²) in [5.74, 6) is -0.722. The van der Waals surface area contributed by atoms with E-state index in [1.54, 1.807) is 6.20 Å². The first kappa shape index (κ1) is 23.3. The van der Waals surface area contributed by atoms with E-state index in [-0.39, 0.29) is 5.91 Å². The lowest BCUT2D eigenvalue weighted by molar-refractivity contribution is -0.146. The number of carbonyl (C=O) groups is 2. The number of H-pyrrole nitrogens is 1. The number of aromatic amines is 1. The Kier molecular flexibility index (Phi) is 7.61. The Hall–Kier alpha value is -2.91. The summed E-state index contributed by atoms with van der Waals surface area (Å²) in [6.07, 6.45) is 3.65. The van der Waals surface area contributed by atoms with E-state index in [1.165, 1.54) is 11.3 Å². The third kappa shape index (κ3) is 5.91. The van der Waals surface area contributed by atoms with Gasteiger partial charge in [-0.1, -0.05) is 42.9 Å². The molecule has 9 heteroatoms. The fourth-order valence-corrected chi connectivity index (χ4v) is 4.69. The van der Waals surface area contributed by atoms with E-state index in [0.717, 1.165) is 60.7 Å². The van der Waals surface area contributed by atoms with Crippen molar-refractivity contribution in [2.75, 3.05) is 44.7 Å². The molecule has 1 saturated heterocycles. The summed E-state index contributed by atoms with van der Waals surface area (Å²) >= 11 is 1.36. The number of hydrogen-bond acceptors (Lipinski definition) is 7. The van der Waals surface area contributed by atoms with Crippen LogP contribution in [0.25, 0.3) is 10.9 Å². The van der Waals surface area contributed by atoms with Gasteiger partial charge in [0, 0.05) is 43.8 Å². The van der Waals surface area contributed by atoms with Gasteiger partial charge in [-0.05, 0) is 31.0 Å². The van der Waals surface area contributed by atoms with Crippen molar-refractivity contribution in [2.45, 2.75) is 32.2 Å². The van der Waals surface area contributed by atoms with E-state index in [4.69, 9.17) is 4.74 Å². The predicted octanol–water partition coefficient (Wildman–Crippen LogP) is 3.06. The van der Waals surface area contributed by atoms with Crippen molar-refractivity contribution in [1.29, 1.82) is 0 Å². The lowest BCUT2D eigenvalue weighted by atomic mass is 10.1.